The molecular formula is C29H30FN3O3S. The lowest BCUT2D eigenvalue weighted by Gasteiger charge is -2.33. The molecular weight excluding hydrogens is 489 g/mol. The predicted octanol–water partition coefficient (Wildman–Crippen LogP) is 5.98. The number of piperidine rings is 1. The largest absolute Gasteiger partial charge is 0.338 e. The first kappa shape index (κ1) is 25.3. The van der Waals surface area contributed by atoms with Gasteiger partial charge in [-0.3, -0.25) is 19.3 Å². The van der Waals surface area contributed by atoms with Gasteiger partial charge in [0, 0.05) is 29.7 Å². The molecule has 192 valence electrons. The number of para-hydroxylation sites is 1. The first-order valence-electron chi connectivity index (χ1n) is 12.8. The fraction of sp³-hybridized carbons (Fsp3) is 0.345. The zero-order valence-corrected chi connectivity index (χ0v) is 21.9. The number of halogens is 1. The summed E-state index contributed by atoms with van der Waals surface area (Å²) in [7, 11) is 0. The topological polar surface area (TPSA) is 62.6 Å². The van der Waals surface area contributed by atoms with Crippen LogP contribution >= 0.6 is 11.8 Å². The molecule has 0 N–H and O–H groups in total. The van der Waals surface area contributed by atoms with Crippen LogP contribution in [0.5, 0.6) is 0 Å². The summed E-state index contributed by atoms with van der Waals surface area (Å²) in [5.41, 5.74) is 3.59. The highest BCUT2D eigenvalue weighted by Crippen LogP contribution is 2.36. The van der Waals surface area contributed by atoms with Crippen molar-refractivity contribution in [1.82, 2.24) is 14.4 Å². The van der Waals surface area contributed by atoms with Crippen LogP contribution < -0.4 is 0 Å². The Morgan fingerprint density at radius 1 is 1.14 bits per heavy atom. The van der Waals surface area contributed by atoms with Gasteiger partial charge in [-0.25, -0.2) is 4.39 Å². The maximum absolute atomic E-state index is 13.3. The fourth-order valence-corrected chi connectivity index (χ4v) is 6.07. The van der Waals surface area contributed by atoms with E-state index in [9.17, 15) is 18.8 Å². The molecule has 5 rings (SSSR count). The second-order valence-corrected chi connectivity index (χ2v) is 10.7. The minimum absolute atomic E-state index is 0.0898. The Morgan fingerprint density at radius 3 is 2.65 bits per heavy atom. The molecule has 2 aliphatic rings. The third-order valence-corrected chi connectivity index (χ3v) is 8.14. The minimum Gasteiger partial charge on any atom is -0.338 e. The van der Waals surface area contributed by atoms with Crippen molar-refractivity contribution in [1.29, 1.82) is 0 Å². The Kier molecular flexibility index (Phi) is 7.20. The first-order chi connectivity index (χ1) is 17.9. The molecule has 2 aromatic carbocycles. The number of carbonyl (C=O) groups is 3. The van der Waals surface area contributed by atoms with Gasteiger partial charge in [0.05, 0.1) is 17.0 Å². The molecule has 0 unspecified atom stereocenters. The Labute approximate surface area is 220 Å². The van der Waals surface area contributed by atoms with Gasteiger partial charge in [0.2, 0.25) is 5.91 Å². The van der Waals surface area contributed by atoms with E-state index in [2.05, 4.69) is 19.9 Å². The van der Waals surface area contributed by atoms with Crippen molar-refractivity contribution in [3.63, 3.8) is 0 Å². The van der Waals surface area contributed by atoms with Crippen LogP contribution in [0.3, 0.4) is 0 Å². The monoisotopic (exact) mass is 519 g/mol. The van der Waals surface area contributed by atoms with Crippen molar-refractivity contribution >= 4 is 45.8 Å². The van der Waals surface area contributed by atoms with E-state index in [1.54, 1.807) is 18.2 Å². The number of nitrogens with zero attached hydrogens (tertiary/aromatic N) is 3. The van der Waals surface area contributed by atoms with Gasteiger partial charge in [-0.1, -0.05) is 37.3 Å². The lowest BCUT2D eigenvalue weighted by atomic mass is 10.0. The highest BCUT2D eigenvalue weighted by molar-refractivity contribution is 8.18. The normalized spacial score (nSPS) is 19.4. The summed E-state index contributed by atoms with van der Waals surface area (Å²) in [5, 5.41) is 0.594. The number of aryl methyl sites for hydroxylation is 1. The van der Waals surface area contributed by atoms with E-state index < -0.39 is 0 Å². The average molecular weight is 520 g/mol. The minimum atomic E-state index is -0.370. The molecule has 6 nitrogen and oxygen atoms in total. The van der Waals surface area contributed by atoms with E-state index in [0.29, 0.717) is 10.5 Å². The van der Waals surface area contributed by atoms with Gasteiger partial charge < -0.3 is 9.47 Å². The molecule has 0 saturated carbocycles. The third-order valence-electron chi connectivity index (χ3n) is 7.24. The number of benzene rings is 2. The Morgan fingerprint density at radius 2 is 1.92 bits per heavy atom. The number of fused-ring (bicyclic) bond motifs is 1. The third kappa shape index (κ3) is 5.07. The maximum atomic E-state index is 13.3. The van der Waals surface area contributed by atoms with E-state index in [1.165, 1.54) is 17.0 Å². The van der Waals surface area contributed by atoms with E-state index in [4.69, 9.17) is 0 Å². The summed E-state index contributed by atoms with van der Waals surface area (Å²) < 4.78 is 15.3. The number of carbonyl (C=O) groups excluding carboxylic acids is 3. The Bertz CT molecular complexity index is 1400. The van der Waals surface area contributed by atoms with Gasteiger partial charge >= 0.3 is 0 Å². The maximum Gasteiger partial charge on any atom is 0.293 e. The number of aromatic nitrogens is 1. The molecule has 8 heteroatoms. The number of imide groups is 1. The van der Waals surface area contributed by atoms with E-state index >= 15 is 0 Å². The smallest absolute Gasteiger partial charge is 0.293 e. The molecule has 37 heavy (non-hydrogen) atoms. The predicted molar refractivity (Wildman–Crippen MR) is 144 cm³/mol. The quantitative estimate of drug-likeness (QED) is 0.376. The van der Waals surface area contributed by atoms with Gasteiger partial charge in [-0.05, 0) is 73.7 Å². The number of likely N-dealkylation sites (tertiary alicyclic amines) is 1. The molecule has 2 saturated heterocycles. The first-order valence-corrected chi connectivity index (χ1v) is 13.6. The number of thioether (sulfide) groups is 1. The number of amides is 3. The highest BCUT2D eigenvalue weighted by Gasteiger charge is 2.35. The van der Waals surface area contributed by atoms with Gasteiger partial charge in [0.25, 0.3) is 11.1 Å². The molecule has 0 bridgehead atoms. The molecule has 0 aliphatic carbocycles. The molecule has 0 radical (unpaired) electrons. The number of hydrogen-bond donors (Lipinski definition) is 0. The molecule has 0 spiro atoms. The van der Waals surface area contributed by atoms with E-state index in [0.717, 1.165) is 66.0 Å². The molecule has 2 aliphatic heterocycles. The summed E-state index contributed by atoms with van der Waals surface area (Å²) in [5.74, 6) is -0.639. The summed E-state index contributed by atoms with van der Waals surface area (Å²) in [4.78, 5) is 42.6. The summed E-state index contributed by atoms with van der Waals surface area (Å²) in [6, 6.07) is 12.1. The van der Waals surface area contributed by atoms with Crippen LogP contribution in [0.1, 0.15) is 49.8 Å². The van der Waals surface area contributed by atoms with Gasteiger partial charge in [-0.15, -0.1) is 0 Å². The molecule has 3 aromatic rings. The zero-order valence-electron chi connectivity index (χ0n) is 21.1. The summed E-state index contributed by atoms with van der Waals surface area (Å²) >= 11 is 0.904. The van der Waals surface area contributed by atoms with Crippen LogP contribution in [-0.4, -0.2) is 44.0 Å². The van der Waals surface area contributed by atoms with Crippen molar-refractivity contribution in [3.05, 3.63) is 76.1 Å². The molecule has 1 aromatic heterocycles. The van der Waals surface area contributed by atoms with Crippen molar-refractivity contribution in [2.45, 2.75) is 58.7 Å². The van der Waals surface area contributed by atoms with E-state index in [-0.39, 0.29) is 42.0 Å². The lowest BCUT2D eigenvalue weighted by Crippen LogP contribution is -2.43. The van der Waals surface area contributed by atoms with Crippen LogP contribution in [0, 0.1) is 5.82 Å². The van der Waals surface area contributed by atoms with Crippen molar-refractivity contribution in [3.8, 4) is 0 Å². The van der Waals surface area contributed by atoms with Crippen LogP contribution in [0.25, 0.3) is 17.0 Å². The molecule has 2 fully saturated rings. The van der Waals surface area contributed by atoms with Gasteiger partial charge in [-0.2, -0.15) is 0 Å². The Balaban J connectivity index is 1.46. The van der Waals surface area contributed by atoms with E-state index in [1.807, 2.05) is 27.8 Å². The van der Waals surface area contributed by atoms with Gasteiger partial charge in [0.1, 0.15) is 12.4 Å². The zero-order chi connectivity index (χ0) is 26.1. The molecule has 3 amide bonds. The molecule has 3 heterocycles. The molecule has 1 atom stereocenters. The second kappa shape index (κ2) is 10.5. The number of rotatable bonds is 6. The highest BCUT2D eigenvalue weighted by atomic mass is 32.2. The van der Waals surface area contributed by atoms with Gasteiger partial charge in [0.15, 0.2) is 0 Å². The fourth-order valence-electron chi connectivity index (χ4n) is 5.25. The standard InChI is InChI=1S/C29H30FN3O3S/c1-3-21-8-6-9-24-22(17-31(27(21)24)18-26(34)32-14-5-4-7-19(32)2)15-25-28(35)33(29(36)37-25)16-20-10-12-23(30)13-11-20/h6,8-13,15,17,19H,3-5,7,14,16,18H2,1-2H3/b25-15-/t19-/m1/s1. The Hall–Kier alpha value is -3.39. The van der Waals surface area contributed by atoms with Crippen LogP contribution in [0.4, 0.5) is 9.18 Å². The van der Waals surface area contributed by atoms with Crippen molar-refractivity contribution in [2.75, 3.05) is 6.54 Å². The average Bonchev–Trinajstić information content (AvgIpc) is 3.37. The number of hydrogen-bond acceptors (Lipinski definition) is 4. The van der Waals surface area contributed by atoms with Crippen molar-refractivity contribution in [2.24, 2.45) is 0 Å². The van der Waals surface area contributed by atoms with Crippen LogP contribution in [0.15, 0.2) is 53.6 Å². The van der Waals surface area contributed by atoms with Crippen molar-refractivity contribution < 1.29 is 18.8 Å². The summed E-state index contributed by atoms with van der Waals surface area (Å²) in [6.45, 7) is 5.30. The SMILES string of the molecule is CCc1cccc2c(/C=C3\SC(=O)N(Cc4ccc(F)cc4)C3=O)cn(CC(=O)N3CCCC[C@H]3C)c12. The van der Waals surface area contributed by atoms with Crippen LogP contribution in [-0.2, 0) is 29.1 Å². The second-order valence-electron chi connectivity index (χ2n) is 9.71. The summed E-state index contributed by atoms with van der Waals surface area (Å²) in [6.07, 6.45) is 7.69. The lowest BCUT2D eigenvalue weighted by molar-refractivity contribution is -0.135. The van der Waals surface area contributed by atoms with Crippen LogP contribution in [0.2, 0.25) is 0 Å².